The van der Waals surface area contributed by atoms with E-state index in [9.17, 15) is 8.42 Å². The van der Waals surface area contributed by atoms with E-state index in [4.69, 9.17) is 4.74 Å². The standard InChI is InChI=1S/C15H24N2O3S/c1-11(2)20-13-6-8-14(9-7-13)21(18,19)17-15-5-4-10-16-12(15)3/h6-9,11-12,15-17H,4-5,10H2,1-3H3. The molecule has 2 atom stereocenters. The van der Waals surface area contributed by atoms with Gasteiger partial charge in [0, 0.05) is 12.1 Å². The Hall–Kier alpha value is -1.11. The van der Waals surface area contributed by atoms with Crippen LogP contribution in [-0.4, -0.2) is 33.2 Å². The minimum absolute atomic E-state index is 0.0599. The predicted octanol–water partition coefficient (Wildman–Crippen LogP) is 1.89. The van der Waals surface area contributed by atoms with Crippen molar-refractivity contribution in [1.82, 2.24) is 10.0 Å². The molecule has 0 saturated carbocycles. The molecule has 1 aromatic rings. The van der Waals surface area contributed by atoms with Crippen molar-refractivity contribution in [2.45, 2.75) is 56.7 Å². The van der Waals surface area contributed by atoms with E-state index < -0.39 is 10.0 Å². The Kier molecular flexibility index (Phi) is 5.24. The van der Waals surface area contributed by atoms with Gasteiger partial charge < -0.3 is 10.1 Å². The van der Waals surface area contributed by atoms with E-state index >= 15 is 0 Å². The number of benzene rings is 1. The summed E-state index contributed by atoms with van der Waals surface area (Å²) in [5, 5.41) is 3.29. The van der Waals surface area contributed by atoms with Gasteiger partial charge in [0.15, 0.2) is 0 Å². The minimum Gasteiger partial charge on any atom is -0.491 e. The van der Waals surface area contributed by atoms with Gasteiger partial charge in [0.05, 0.1) is 11.0 Å². The first-order chi connectivity index (χ1) is 9.88. The number of sulfonamides is 1. The van der Waals surface area contributed by atoms with Crippen molar-refractivity contribution in [3.8, 4) is 5.75 Å². The summed E-state index contributed by atoms with van der Waals surface area (Å²) in [6.07, 6.45) is 1.92. The fourth-order valence-electron chi connectivity index (χ4n) is 2.44. The first kappa shape index (κ1) is 16.3. The highest BCUT2D eigenvalue weighted by Gasteiger charge is 2.26. The summed E-state index contributed by atoms with van der Waals surface area (Å²) in [5.74, 6) is 0.677. The van der Waals surface area contributed by atoms with E-state index in [0.29, 0.717) is 5.75 Å². The van der Waals surface area contributed by atoms with E-state index in [0.717, 1.165) is 19.4 Å². The molecule has 0 aliphatic carbocycles. The predicted molar refractivity (Wildman–Crippen MR) is 83.0 cm³/mol. The van der Waals surface area contributed by atoms with Gasteiger partial charge in [-0.15, -0.1) is 0 Å². The molecule has 2 rings (SSSR count). The van der Waals surface area contributed by atoms with Crippen LogP contribution >= 0.6 is 0 Å². The maximum atomic E-state index is 12.4. The first-order valence-electron chi connectivity index (χ1n) is 7.41. The molecular weight excluding hydrogens is 288 g/mol. The van der Waals surface area contributed by atoms with Gasteiger partial charge in [-0.2, -0.15) is 0 Å². The van der Waals surface area contributed by atoms with Crippen molar-refractivity contribution in [3.63, 3.8) is 0 Å². The SMILES string of the molecule is CC(C)Oc1ccc(S(=O)(=O)NC2CCCNC2C)cc1. The first-order valence-corrected chi connectivity index (χ1v) is 8.89. The lowest BCUT2D eigenvalue weighted by molar-refractivity contribution is 0.242. The molecule has 1 fully saturated rings. The van der Waals surface area contributed by atoms with Crippen LogP contribution in [0.15, 0.2) is 29.2 Å². The summed E-state index contributed by atoms with van der Waals surface area (Å²) in [7, 11) is -3.48. The second-order valence-corrected chi connectivity index (χ2v) is 7.46. The summed E-state index contributed by atoms with van der Waals surface area (Å²) in [5.41, 5.74) is 0. The number of nitrogens with one attached hydrogen (secondary N) is 2. The molecule has 118 valence electrons. The molecule has 1 heterocycles. The molecule has 5 nitrogen and oxygen atoms in total. The van der Waals surface area contributed by atoms with E-state index in [2.05, 4.69) is 10.0 Å². The van der Waals surface area contributed by atoms with Crippen LogP contribution in [0.2, 0.25) is 0 Å². The molecule has 0 radical (unpaired) electrons. The number of rotatable bonds is 5. The quantitative estimate of drug-likeness (QED) is 0.871. The summed E-state index contributed by atoms with van der Waals surface area (Å²) >= 11 is 0. The van der Waals surface area contributed by atoms with Gasteiger partial charge in [0.25, 0.3) is 0 Å². The van der Waals surface area contributed by atoms with Crippen LogP contribution in [0.1, 0.15) is 33.6 Å². The molecule has 2 unspecified atom stereocenters. The highest BCUT2D eigenvalue weighted by molar-refractivity contribution is 7.89. The summed E-state index contributed by atoms with van der Waals surface area (Å²) in [6, 6.07) is 6.64. The summed E-state index contributed by atoms with van der Waals surface area (Å²) in [6.45, 7) is 6.82. The molecule has 0 spiro atoms. The molecule has 1 aliphatic heterocycles. The van der Waals surface area contributed by atoms with Crippen molar-refractivity contribution >= 4 is 10.0 Å². The lowest BCUT2D eigenvalue weighted by Crippen LogP contribution is -2.51. The van der Waals surface area contributed by atoms with Gasteiger partial charge in [0.2, 0.25) is 10.0 Å². The number of hydrogen-bond donors (Lipinski definition) is 2. The fraction of sp³-hybridized carbons (Fsp3) is 0.600. The average Bonchev–Trinajstić information content (AvgIpc) is 2.41. The third-order valence-electron chi connectivity index (χ3n) is 3.57. The molecule has 0 amide bonds. The Labute approximate surface area is 127 Å². The van der Waals surface area contributed by atoms with Crippen LogP contribution in [0.4, 0.5) is 0 Å². The summed E-state index contributed by atoms with van der Waals surface area (Å²) in [4.78, 5) is 0.274. The maximum absolute atomic E-state index is 12.4. The van der Waals surface area contributed by atoms with Gasteiger partial charge in [-0.05, 0) is 64.4 Å². The topological polar surface area (TPSA) is 67.4 Å². The Morgan fingerprint density at radius 3 is 2.52 bits per heavy atom. The highest BCUT2D eigenvalue weighted by atomic mass is 32.2. The molecule has 1 aliphatic rings. The van der Waals surface area contributed by atoms with E-state index in [-0.39, 0.29) is 23.1 Å². The molecule has 1 saturated heterocycles. The highest BCUT2D eigenvalue weighted by Crippen LogP contribution is 2.18. The van der Waals surface area contributed by atoms with Crippen LogP contribution in [0.5, 0.6) is 5.75 Å². The normalized spacial score (nSPS) is 23.2. The molecule has 2 N–H and O–H groups in total. The molecule has 0 aromatic heterocycles. The number of ether oxygens (including phenoxy) is 1. The van der Waals surface area contributed by atoms with Crippen molar-refractivity contribution < 1.29 is 13.2 Å². The fourth-order valence-corrected chi connectivity index (χ4v) is 3.79. The Morgan fingerprint density at radius 1 is 1.29 bits per heavy atom. The molecule has 0 bridgehead atoms. The Morgan fingerprint density at radius 2 is 1.95 bits per heavy atom. The van der Waals surface area contributed by atoms with Crippen LogP contribution < -0.4 is 14.8 Å². The lowest BCUT2D eigenvalue weighted by atomic mass is 10.0. The van der Waals surface area contributed by atoms with Gasteiger partial charge >= 0.3 is 0 Å². The van der Waals surface area contributed by atoms with Gasteiger partial charge in [-0.3, -0.25) is 0 Å². The molecule has 21 heavy (non-hydrogen) atoms. The van der Waals surface area contributed by atoms with E-state index in [1.807, 2.05) is 20.8 Å². The zero-order valence-corrected chi connectivity index (χ0v) is 13.6. The summed E-state index contributed by atoms with van der Waals surface area (Å²) < 4.78 is 33.1. The van der Waals surface area contributed by atoms with Crippen LogP contribution in [0.3, 0.4) is 0 Å². The van der Waals surface area contributed by atoms with Crippen molar-refractivity contribution in [1.29, 1.82) is 0 Å². The van der Waals surface area contributed by atoms with Crippen molar-refractivity contribution in [2.75, 3.05) is 6.54 Å². The third kappa shape index (κ3) is 4.43. The van der Waals surface area contributed by atoms with Crippen molar-refractivity contribution in [3.05, 3.63) is 24.3 Å². The largest absolute Gasteiger partial charge is 0.491 e. The smallest absolute Gasteiger partial charge is 0.240 e. The van der Waals surface area contributed by atoms with Gasteiger partial charge in [-0.1, -0.05) is 0 Å². The van der Waals surface area contributed by atoms with E-state index in [1.165, 1.54) is 0 Å². The van der Waals surface area contributed by atoms with Crippen LogP contribution in [-0.2, 0) is 10.0 Å². The lowest BCUT2D eigenvalue weighted by Gasteiger charge is -2.30. The average molecular weight is 312 g/mol. The van der Waals surface area contributed by atoms with Crippen LogP contribution in [0.25, 0.3) is 0 Å². The number of piperidine rings is 1. The second kappa shape index (κ2) is 6.77. The molecule has 6 heteroatoms. The monoisotopic (exact) mass is 312 g/mol. The molecular formula is C15H24N2O3S. The zero-order chi connectivity index (χ0) is 15.5. The number of hydrogen-bond acceptors (Lipinski definition) is 4. The van der Waals surface area contributed by atoms with Gasteiger partial charge in [0.1, 0.15) is 5.75 Å². The zero-order valence-electron chi connectivity index (χ0n) is 12.8. The maximum Gasteiger partial charge on any atom is 0.240 e. The Balaban J connectivity index is 2.08. The second-order valence-electron chi connectivity index (χ2n) is 5.75. The van der Waals surface area contributed by atoms with Gasteiger partial charge in [-0.25, -0.2) is 13.1 Å². The van der Waals surface area contributed by atoms with Crippen molar-refractivity contribution in [2.24, 2.45) is 0 Å². The minimum atomic E-state index is -3.48. The molecule has 1 aromatic carbocycles. The third-order valence-corrected chi connectivity index (χ3v) is 5.08. The Bertz CT molecular complexity index is 555. The van der Waals surface area contributed by atoms with E-state index in [1.54, 1.807) is 24.3 Å². The van der Waals surface area contributed by atoms with Crippen LogP contribution in [0, 0.1) is 0 Å².